The normalized spacial score (nSPS) is 10.7. The molecule has 0 unspecified atom stereocenters. The number of nitrogens with two attached hydrogens (primary N) is 1. The lowest BCUT2D eigenvalue weighted by atomic mass is 10.2. The summed E-state index contributed by atoms with van der Waals surface area (Å²) < 4.78 is 6.96. The van der Waals surface area contributed by atoms with Crippen molar-refractivity contribution in [3.63, 3.8) is 0 Å². The minimum absolute atomic E-state index is 0.283. The molecule has 0 radical (unpaired) electrons. The van der Waals surface area contributed by atoms with Crippen LogP contribution in [-0.2, 0) is 11.3 Å². The van der Waals surface area contributed by atoms with E-state index in [4.69, 9.17) is 15.6 Å². The molecule has 0 atom stereocenters. The summed E-state index contributed by atoms with van der Waals surface area (Å²) in [7, 11) is 0. The predicted octanol–water partition coefficient (Wildman–Crippen LogP) is 3.02. The molecule has 3 aromatic rings. The van der Waals surface area contributed by atoms with Gasteiger partial charge in [0.1, 0.15) is 11.4 Å². The molecule has 8 nitrogen and oxygen atoms in total. The lowest BCUT2D eigenvalue weighted by molar-refractivity contribution is -0.139. The van der Waals surface area contributed by atoms with Crippen LogP contribution in [0.5, 0.6) is 5.75 Å². The number of carboxylic acids is 1. The molecule has 158 valence electrons. The molecule has 0 saturated carbocycles. The smallest absolute Gasteiger partial charge is 0.341 e. The molecular weight excluding hydrogens is 398 g/mol. The highest BCUT2D eigenvalue weighted by atomic mass is 16.5. The Morgan fingerprint density at radius 1 is 1.06 bits per heavy atom. The van der Waals surface area contributed by atoms with Crippen molar-refractivity contribution in [2.24, 2.45) is 5.73 Å². The number of carboxylic acid groups (broad SMARTS) is 1. The first-order valence-corrected chi connectivity index (χ1v) is 9.40. The van der Waals surface area contributed by atoms with Gasteiger partial charge in [-0.2, -0.15) is 0 Å². The lowest BCUT2D eigenvalue weighted by Gasteiger charge is -2.09. The molecule has 4 N–H and O–H groups in total. The number of rotatable bonds is 9. The Hall–Kier alpha value is -4.33. The fourth-order valence-corrected chi connectivity index (χ4v) is 2.85. The molecular formula is C23H21N3O5. The Morgan fingerprint density at radius 2 is 1.84 bits per heavy atom. The number of benzene rings is 2. The number of carbonyl (C=O) groups excluding carboxylic acids is 2. The maximum atomic E-state index is 12.6. The number of amides is 2. The molecule has 0 fully saturated rings. The minimum Gasteiger partial charge on any atom is -0.482 e. The van der Waals surface area contributed by atoms with Gasteiger partial charge in [0.25, 0.3) is 5.91 Å². The van der Waals surface area contributed by atoms with E-state index >= 15 is 0 Å². The average molecular weight is 419 g/mol. The van der Waals surface area contributed by atoms with Gasteiger partial charge in [0.15, 0.2) is 6.61 Å². The molecule has 8 heteroatoms. The van der Waals surface area contributed by atoms with Crippen molar-refractivity contribution < 1.29 is 24.2 Å². The first kappa shape index (κ1) is 21.4. The van der Waals surface area contributed by atoms with Crippen molar-refractivity contribution in [2.45, 2.75) is 6.54 Å². The van der Waals surface area contributed by atoms with Gasteiger partial charge in [-0.1, -0.05) is 24.3 Å². The Kier molecular flexibility index (Phi) is 6.85. The topological polar surface area (TPSA) is 124 Å². The van der Waals surface area contributed by atoms with E-state index in [2.05, 4.69) is 5.32 Å². The zero-order valence-corrected chi connectivity index (χ0v) is 16.5. The summed E-state index contributed by atoms with van der Waals surface area (Å²) >= 11 is 0. The van der Waals surface area contributed by atoms with E-state index in [0.29, 0.717) is 29.2 Å². The highest BCUT2D eigenvalue weighted by molar-refractivity contribution is 6.03. The van der Waals surface area contributed by atoms with Crippen molar-refractivity contribution >= 4 is 29.5 Å². The molecule has 2 amide bonds. The molecule has 1 aromatic heterocycles. The third-order valence-electron chi connectivity index (χ3n) is 4.32. The molecule has 0 bridgehead atoms. The summed E-state index contributed by atoms with van der Waals surface area (Å²) in [5, 5.41) is 11.5. The van der Waals surface area contributed by atoms with Crippen LogP contribution in [0.4, 0.5) is 5.69 Å². The van der Waals surface area contributed by atoms with Gasteiger partial charge in [-0.15, -0.1) is 0 Å². The standard InChI is InChI=1S/C23H21N3O5/c24-22(29)17-8-10-18(11-9-17)25-23(30)20-7-3-13-26(20)12-2-5-16-4-1-6-19(14-16)31-15-21(27)28/h1-11,13-14H,12,15H2,(H2,24,29)(H,25,30)(H,27,28). The molecule has 0 saturated heterocycles. The zero-order valence-electron chi connectivity index (χ0n) is 16.5. The molecule has 2 aromatic carbocycles. The fourth-order valence-electron chi connectivity index (χ4n) is 2.85. The third-order valence-corrected chi connectivity index (χ3v) is 4.32. The average Bonchev–Trinajstić information content (AvgIpc) is 3.22. The fraction of sp³-hybridized carbons (Fsp3) is 0.0870. The van der Waals surface area contributed by atoms with Crippen LogP contribution in [0.15, 0.2) is 72.9 Å². The number of hydrogen-bond donors (Lipinski definition) is 3. The summed E-state index contributed by atoms with van der Waals surface area (Å²) in [5.74, 6) is -1.39. The van der Waals surface area contributed by atoms with E-state index in [1.54, 1.807) is 65.4 Å². The van der Waals surface area contributed by atoms with Gasteiger partial charge in [-0.25, -0.2) is 4.79 Å². The second-order valence-corrected chi connectivity index (χ2v) is 6.60. The van der Waals surface area contributed by atoms with E-state index < -0.39 is 18.5 Å². The number of aromatic nitrogens is 1. The predicted molar refractivity (Wildman–Crippen MR) is 116 cm³/mol. The first-order valence-electron chi connectivity index (χ1n) is 9.40. The lowest BCUT2D eigenvalue weighted by Crippen LogP contribution is -2.17. The molecule has 0 aliphatic carbocycles. The maximum absolute atomic E-state index is 12.6. The monoisotopic (exact) mass is 419 g/mol. The third kappa shape index (κ3) is 6.07. The van der Waals surface area contributed by atoms with E-state index in [0.717, 1.165) is 5.56 Å². The van der Waals surface area contributed by atoms with E-state index in [-0.39, 0.29) is 5.91 Å². The van der Waals surface area contributed by atoms with Crippen LogP contribution in [0.3, 0.4) is 0 Å². The first-order chi connectivity index (χ1) is 14.9. The number of carbonyl (C=O) groups is 3. The van der Waals surface area contributed by atoms with Crippen LogP contribution in [0.2, 0.25) is 0 Å². The van der Waals surface area contributed by atoms with Gasteiger partial charge < -0.3 is 25.5 Å². The SMILES string of the molecule is NC(=O)c1ccc(NC(=O)c2cccn2CC=Cc2cccc(OCC(=O)O)c2)cc1. The summed E-state index contributed by atoms with van der Waals surface area (Å²) in [6.07, 6.45) is 5.54. The highest BCUT2D eigenvalue weighted by Crippen LogP contribution is 2.15. The second-order valence-electron chi connectivity index (χ2n) is 6.60. The number of anilines is 1. The van der Waals surface area contributed by atoms with Gasteiger partial charge in [0.05, 0.1) is 0 Å². The van der Waals surface area contributed by atoms with Crippen molar-refractivity contribution in [3.8, 4) is 5.75 Å². The Bertz CT molecular complexity index is 1120. The Morgan fingerprint density at radius 3 is 2.55 bits per heavy atom. The summed E-state index contributed by atoms with van der Waals surface area (Å²) in [6.45, 7) is 0.0524. The summed E-state index contributed by atoms with van der Waals surface area (Å²) in [6, 6.07) is 16.9. The molecule has 3 rings (SSSR count). The second kappa shape index (κ2) is 9.93. The van der Waals surface area contributed by atoms with Crippen LogP contribution in [0.25, 0.3) is 6.08 Å². The van der Waals surface area contributed by atoms with E-state index in [1.165, 1.54) is 0 Å². The number of ether oxygens (including phenoxy) is 1. The number of nitrogens with one attached hydrogen (secondary N) is 1. The zero-order chi connectivity index (χ0) is 22.2. The van der Waals surface area contributed by atoms with Gasteiger partial charge in [0, 0.05) is 24.0 Å². The maximum Gasteiger partial charge on any atom is 0.341 e. The largest absolute Gasteiger partial charge is 0.482 e. The molecule has 1 heterocycles. The highest BCUT2D eigenvalue weighted by Gasteiger charge is 2.11. The van der Waals surface area contributed by atoms with Gasteiger partial charge in [-0.05, 0) is 54.1 Å². The van der Waals surface area contributed by atoms with E-state index in [1.807, 2.05) is 18.2 Å². The quantitative estimate of drug-likeness (QED) is 0.492. The molecule has 0 aliphatic rings. The van der Waals surface area contributed by atoms with Crippen molar-refractivity contribution in [1.29, 1.82) is 0 Å². The van der Waals surface area contributed by atoms with Crippen molar-refractivity contribution in [1.82, 2.24) is 4.57 Å². The summed E-state index contributed by atoms with van der Waals surface area (Å²) in [5.41, 5.74) is 7.45. The minimum atomic E-state index is -1.04. The van der Waals surface area contributed by atoms with Gasteiger partial charge in [0.2, 0.25) is 5.91 Å². The number of primary amides is 1. The number of aliphatic carboxylic acids is 1. The summed E-state index contributed by atoms with van der Waals surface area (Å²) in [4.78, 5) is 34.4. The van der Waals surface area contributed by atoms with Crippen LogP contribution in [0.1, 0.15) is 26.4 Å². The van der Waals surface area contributed by atoms with Crippen LogP contribution in [0, 0.1) is 0 Å². The van der Waals surface area contributed by atoms with Crippen LogP contribution >= 0.6 is 0 Å². The molecule has 31 heavy (non-hydrogen) atoms. The molecule has 0 spiro atoms. The van der Waals surface area contributed by atoms with Gasteiger partial charge >= 0.3 is 5.97 Å². The van der Waals surface area contributed by atoms with Crippen LogP contribution in [-0.4, -0.2) is 34.1 Å². The van der Waals surface area contributed by atoms with Crippen LogP contribution < -0.4 is 15.8 Å². The Labute approximate surface area is 178 Å². The molecule has 0 aliphatic heterocycles. The number of nitrogens with zero attached hydrogens (tertiary/aromatic N) is 1. The van der Waals surface area contributed by atoms with Crippen molar-refractivity contribution in [2.75, 3.05) is 11.9 Å². The van der Waals surface area contributed by atoms with Crippen molar-refractivity contribution in [3.05, 3.63) is 89.8 Å². The van der Waals surface area contributed by atoms with E-state index in [9.17, 15) is 14.4 Å². The van der Waals surface area contributed by atoms with Gasteiger partial charge in [-0.3, -0.25) is 9.59 Å². The number of allylic oxidation sites excluding steroid dienone is 1. The Balaban J connectivity index is 1.62. The number of hydrogen-bond acceptors (Lipinski definition) is 4.